The molecule has 1 aliphatic heterocycles. The number of hydrogen-bond donors (Lipinski definition) is 1. The van der Waals surface area contributed by atoms with Gasteiger partial charge in [-0.2, -0.15) is 0 Å². The third-order valence-corrected chi connectivity index (χ3v) is 4.00. The monoisotopic (exact) mass is 311 g/mol. The number of carboxylic acids is 1. The van der Waals surface area contributed by atoms with Gasteiger partial charge in [-0.15, -0.1) is 0 Å². The molecule has 114 valence electrons. The molecule has 1 unspecified atom stereocenters. The van der Waals surface area contributed by atoms with E-state index in [1.807, 2.05) is 25.1 Å². The Kier molecular flexibility index (Phi) is 5.20. The van der Waals surface area contributed by atoms with E-state index < -0.39 is 12.0 Å². The van der Waals surface area contributed by atoms with E-state index in [-0.39, 0.29) is 18.9 Å². The van der Waals surface area contributed by atoms with Crippen LogP contribution in [-0.2, 0) is 20.7 Å². The maximum Gasteiger partial charge on any atom is 0.328 e. The predicted octanol–water partition coefficient (Wildman–Crippen LogP) is 1.89. The lowest BCUT2D eigenvalue weighted by molar-refractivity contribution is -0.158. The molecule has 0 aromatic heterocycles. The van der Waals surface area contributed by atoms with E-state index in [2.05, 4.69) is 0 Å². The van der Waals surface area contributed by atoms with Crippen LogP contribution in [0, 0.1) is 6.92 Å². The van der Waals surface area contributed by atoms with E-state index in [0.717, 1.165) is 11.1 Å². The van der Waals surface area contributed by atoms with Crippen molar-refractivity contribution in [3.63, 3.8) is 0 Å². The summed E-state index contributed by atoms with van der Waals surface area (Å²) >= 11 is 6.05. The molecule has 0 bridgehead atoms. The Hall–Kier alpha value is -1.59. The Labute approximate surface area is 128 Å². The first kappa shape index (κ1) is 15.8. The molecule has 1 amide bonds. The summed E-state index contributed by atoms with van der Waals surface area (Å²) in [7, 11) is 0. The van der Waals surface area contributed by atoms with Crippen LogP contribution in [0.1, 0.15) is 17.5 Å². The molecule has 5 nitrogen and oxygen atoms in total. The first-order chi connectivity index (χ1) is 9.99. The first-order valence-corrected chi connectivity index (χ1v) is 7.22. The normalized spacial score (nSPS) is 18.6. The van der Waals surface area contributed by atoms with E-state index in [4.69, 9.17) is 21.4 Å². The zero-order chi connectivity index (χ0) is 15.4. The zero-order valence-corrected chi connectivity index (χ0v) is 12.6. The van der Waals surface area contributed by atoms with Gasteiger partial charge in [-0.25, -0.2) is 4.79 Å². The van der Waals surface area contributed by atoms with Gasteiger partial charge in [-0.1, -0.05) is 23.7 Å². The molecular weight excluding hydrogens is 294 g/mol. The number of hydrogen-bond acceptors (Lipinski definition) is 3. The summed E-state index contributed by atoms with van der Waals surface area (Å²) in [5.74, 6) is -1.19. The topological polar surface area (TPSA) is 66.8 Å². The summed E-state index contributed by atoms with van der Waals surface area (Å²) in [6.45, 7) is 2.68. The first-order valence-electron chi connectivity index (χ1n) is 6.84. The smallest absolute Gasteiger partial charge is 0.328 e. The van der Waals surface area contributed by atoms with Crippen molar-refractivity contribution in [1.82, 2.24) is 4.90 Å². The largest absolute Gasteiger partial charge is 0.480 e. The van der Waals surface area contributed by atoms with Crippen molar-refractivity contribution in [2.75, 3.05) is 19.8 Å². The fraction of sp³-hybridized carbons (Fsp3) is 0.467. The van der Waals surface area contributed by atoms with Crippen molar-refractivity contribution < 1.29 is 19.4 Å². The second-order valence-electron chi connectivity index (χ2n) is 5.10. The fourth-order valence-corrected chi connectivity index (χ4v) is 2.50. The Morgan fingerprint density at radius 3 is 2.90 bits per heavy atom. The second-order valence-corrected chi connectivity index (χ2v) is 5.51. The molecule has 0 spiro atoms. The van der Waals surface area contributed by atoms with Crippen molar-refractivity contribution >= 4 is 23.5 Å². The number of nitrogens with zero attached hydrogens (tertiary/aromatic N) is 1. The van der Waals surface area contributed by atoms with E-state index in [9.17, 15) is 9.59 Å². The maximum absolute atomic E-state index is 12.2. The third kappa shape index (κ3) is 3.95. The molecule has 0 saturated carbocycles. The number of carbonyl (C=O) groups excluding carboxylic acids is 1. The van der Waals surface area contributed by atoms with Crippen molar-refractivity contribution in [2.45, 2.75) is 25.8 Å². The number of carboxylic acid groups (broad SMARTS) is 1. The number of carbonyl (C=O) groups is 2. The molecule has 21 heavy (non-hydrogen) atoms. The van der Waals surface area contributed by atoms with Gasteiger partial charge in [-0.05, 0) is 30.5 Å². The van der Waals surface area contributed by atoms with Crippen molar-refractivity contribution in [2.24, 2.45) is 0 Å². The molecule has 1 fully saturated rings. The van der Waals surface area contributed by atoms with E-state index in [1.165, 1.54) is 4.90 Å². The predicted molar refractivity (Wildman–Crippen MR) is 78.5 cm³/mol. The molecule has 1 heterocycles. The minimum atomic E-state index is -1.03. The summed E-state index contributed by atoms with van der Waals surface area (Å²) < 4.78 is 5.12. The average molecular weight is 312 g/mol. The van der Waals surface area contributed by atoms with Crippen LogP contribution in [0.25, 0.3) is 0 Å². The number of rotatable bonds is 4. The van der Waals surface area contributed by atoms with Gasteiger partial charge in [0, 0.05) is 18.0 Å². The van der Waals surface area contributed by atoms with Crippen LogP contribution >= 0.6 is 11.6 Å². The number of ether oxygens (including phenoxy) is 1. The molecule has 0 aliphatic carbocycles. The molecule has 2 rings (SSSR count). The molecular formula is C15H18ClNO4. The Morgan fingerprint density at radius 2 is 2.24 bits per heavy atom. The van der Waals surface area contributed by atoms with Crippen molar-refractivity contribution in [1.29, 1.82) is 0 Å². The van der Waals surface area contributed by atoms with Gasteiger partial charge in [0.1, 0.15) is 0 Å². The quantitative estimate of drug-likeness (QED) is 0.922. The van der Waals surface area contributed by atoms with Gasteiger partial charge in [0.15, 0.2) is 6.04 Å². The Balaban J connectivity index is 1.96. The number of aryl methyl sites for hydroxylation is 2. The minimum Gasteiger partial charge on any atom is -0.480 e. The lowest BCUT2D eigenvalue weighted by Gasteiger charge is -2.32. The van der Waals surface area contributed by atoms with Crippen LogP contribution in [0.15, 0.2) is 18.2 Å². The average Bonchev–Trinajstić information content (AvgIpc) is 2.48. The lowest BCUT2D eigenvalue weighted by Crippen LogP contribution is -2.52. The molecule has 1 aromatic carbocycles. The molecule has 1 saturated heterocycles. The highest BCUT2D eigenvalue weighted by molar-refractivity contribution is 6.31. The van der Waals surface area contributed by atoms with E-state index in [0.29, 0.717) is 24.6 Å². The van der Waals surface area contributed by atoms with Crippen LogP contribution in [0.5, 0.6) is 0 Å². The fourth-order valence-electron chi connectivity index (χ4n) is 2.29. The van der Waals surface area contributed by atoms with E-state index in [1.54, 1.807) is 0 Å². The zero-order valence-electron chi connectivity index (χ0n) is 11.8. The summed E-state index contributed by atoms with van der Waals surface area (Å²) in [6, 6.07) is 4.81. The molecule has 1 atom stereocenters. The number of morpholine rings is 1. The third-order valence-electron chi connectivity index (χ3n) is 3.60. The number of aliphatic carboxylic acids is 1. The Morgan fingerprint density at radius 1 is 1.48 bits per heavy atom. The van der Waals surface area contributed by atoms with Gasteiger partial charge in [0.05, 0.1) is 13.2 Å². The molecule has 1 aliphatic rings. The number of halogens is 1. The highest BCUT2D eigenvalue weighted by atomic mass is 35.5. The van der Waals surface area contributed by atoms with Crippen molar-refractivity contribution in [3.8, 4) is 0 Å². The number of amides is 1. The molecule has 1 aromatic rings. The molecule has 6 heteroatoms. The Bertz CT molecular complexity index is 546. The lowest BCUT2D eigenvalue weighted by atomic mass is 10.1. The standard InChI is InChI=1S/C15H18ClNO4/c1-10-2-3-11(8-12(10)16)4-5-14(18)17-6-7-21-9-13(17)15(19)20/h2-3,8,13H,4-7,9H2,1H3,(H,19,20). The molecule has 1 N–H and O–H groups in total. The SMILES string of the molecule is Cc1ccc(CCC(=O)N2CCOCC2C(=O)O)cc1Cl. The van der Waals surface area contributed by atoms with Crippen molar-refractivity contribution in [3.05, 3.63) is 34.3 Å². The van der Waals surface area contributed by atoms with Crippen LogP contribution < -0.4 is 0 Å². The van der Waals surface area contributed by atoms with Gasteiger partial charge in [0.2, 0.25) is 5.91 Å². The second kappa shape index (κ2) is 6.91. The summed E-state index contributed by atoms with van der Waals surface area (Å²) in [5, 5.41) is 9.79. The van der Waals surface area contributed by atoms with Crippen LogP contribution in [-0.4, -0.2) is 47.7 Å². The highest BCUT2D eigenvalue weighted by Gasteiger charge is 2.32. The summed E-state index contributed by atoms with van der Waals surface area (Å²) in [4.78, 5) is 24.7. The van der Waals surface area contributed by atoms with Gasteiger partial charge in [-0.3, -0.25) is 4.79 Å². The van der Waals surface area contributed by atoms with E-state index >= 15 is 0 Å². The number of benzene rings is 1. The van der Waals surface area contributed by atoms with Crippen LogP contribution in [0.3, 0.4) is 0 Å². The van der Waals surface area contributed by atoms with Crippen LogP contribution in [0.4, 0.5) is 0 Å². The highest BCUT2D eigenvalue weighted by Crippen LogP contribution is 2.18. The molecule has 0 radical (unpaired) electrons. The minimum absolute atomic E-state index is 0.0530. The van der Waals surface area contributed by atoms with Gasteiger partial charge < -0.3 is 14.7 Å². The summed E-state index contributed by atoms with van der Waals surface area (Å²) in [6.07, 6.45) is 0.811. The maximum atomic E-state index is 12.2. The van der Waals surface area contributed by atoms with Gasteiger partial charge in [0.25, 0.3) is 0 Å². The van der Waals surface area contributed by atoms with Crippen LogP contribution in [0.2, 0.25) is 5.02 Å². The summed E-state index contributed by atoms with van der Waals surface area (Å²) in [5.41, 5.74) is 1.96. The van der Waals surface area contributed by atoms with Gasteiger partial charge >= 0.3 is 5.97 Å².